The van der Waals surface area contributed by atoms with Crippen LogP contribution in [0, 0.1) is 11.6 Å². The van der Waals surface area contributed by atoms with Gasteiger partial charge in [0.05, 0.1) is 11.7 Å². The second kappa shape index (κ2) is 3.32. The van der Waals surface area contributed by atoms with Crippen LogP contribution in [0.5, 0.6) is 0 Å². The molecule has 0 amide bonds. The highest BCUT2D eigenvalue weighted by atomic mass is 35.7. The Labute approximate surface area is 91.2 Å². The maximum atomic E-state index is 13.1. The van der Waals surface area contributed by atoms with Crippen LogP contribution >= 0.6 is 22.4 Å². The van der Waals surface area contributed by atoms with E-state index in [1.807, 2.05) is 0 Å². The molecule has 0 spiro atoms. The molecule has 0 saturated heterocycles. The number of fused-ring (bicyclic) bond motifs is 1. The molecule has 2 rings (SSSR count). The Morgan fingerprint density at radius 2 is 1.87 bits per heavy atom. The van der Waals surface area contributed by atoms with Crippen molar-refractivity contribution in [3.63, 3.8) is 0 Å². The smallest absolute Gasteiger partial charge is 0.207 e. The van der Waals surface area contributed by atoms with Gasteiger partial charge in [0, 0.05) is 10.7 Å². The van der Waals surface area contributed by atoms with Crippen LogP contribution in [0.25, 0.3) is 11.0 Å². The minimum absolute atomic E-state index is 0.256. The molecule has 0 aliphatic carbocycles. The van der Waals surface area contributed by atoms with Crippen molar-refractivity contribution in [3.8, 4) is 0 Å². The molecule has 9 heteroatoms. The molecule has 1 aromatic heterocycles. The third kappa shape index (κ3) is 1.68. The van der Waals surface area contributed by atoms with E-state index in [9.17, 15) is 17.2 Å². The normalized spacial score (nSPS) is 12.2. The lowest BCUT2D eigenvalue weighted by Gasteiger charge is -1.98. The van der Waals surface area contributed by atoms with Gasteiger partial charge in [0.15, 0.2) is 11.6 Å². The third-order valence-electron chi connectivity index (χ3n) is 1.66. The zero-order chi connectivity index (χ0) is 11.2. The first-order valence-corrected chi connectivity index (χ1v) is 6.50. The highest BCUT2D eigenvalue weighted by molar-refractivity contribution is 8.14. The van der Waals surface area contributed by atoms with Crippen molar-refractivity contribution >= 4 is 42.5 Å². The number of benzene rings is 1. The second-order valence-electron chi connectivity index (χ2n) is 2.57. The minimum atomic E-state index is -4.17. The number of hydrogen-bond donors (Lipinski definition) is 0. The first kappa shape index (κ1) is 10.7. The van der Waals surface area contributed by atoms with E-state index >= 15 is 0 Å². The summed E-state index contributed by atoms with van der Waals surface area (Å²) in [5.74, 6) is -2.56. The maximum Gasteiger partial charge on any atom is 0.263 e. The van der Waals surface area contributed by atoms with Crippen molar-refractivity contribution in [1.82, 2.24) is 8.75 Å². The highest BCUT2D eigenvalue weighted by Gasteiger charge is 2.22. The summed E-state index contributed by atoms with van der Waals surface area (Å²) in [7, 11) is 0.870. The summed E-state index contributed by atoms with van der Waals surface area (Å²) in [4.78, 5) is -0.577. The summed E-state index contributed by atoms with van der Waals surface area (Å²) >= 11 is 0.576. The van der Waals surface area contributed by atoms with Crippen molar-refractivity contribution in [2.75, 3.05) is 0 Å². The van der Waals surface area contributed by atoms with Crippen molar-refractivity contribution in [3.05, 3.63) is 17.7 Å². The Morgan fingerprint density at radius 1 is 1.27 bits per heavy atom. The summed E-state index contributed by atoms with van der Waals surface area (Å²) in [6.07, 6.45) is 0. The lowest BCUT2D eigenvalue weighted by molar-refractivity contribution is 0.512. The molecule has 2 aromatic rings. The Morgan fingerprint density at radius 3 is 2.47 bits per heavy atom. The van der Waals surface area contributed by atoms with Gasteiger partial charge in [-0.25, -0.2) is 17.2 Å². The van der Waals surface area contributed by atoms with Gasteiger partial charge in [-0.1, -0.05) is 0 Å². The fourth-order valence-electron chi connectivity index (χ4n) is 1.04. The molecule has 0 N–H and O–H groups in total. The molecular formula is C6HClF2N2O2S2. The van der Waals surface area contributed by atoms with Crippen molar-refractivity contribution in [1.29, 1.82) is 0 Å². The molecule has 4 nitrogen and oxygen atoms in total. The van der Waals surface area contributed by atoms with E-state index < -0.39 is 31.1 Å². The van der Waals surface area contributed by atoms with Gasteiger partial charge in [-0.15, -0.1) is 0 Å². The summed E-state index contributed by atoms with van der Waals surface area (Å²) in [5, 5.41) is 0. The SMILES string of the molecule is O=S(=O)(Cl)c1cc(F)c(F)c2nsnc12. The zero-order valence-corrected chi connectivity index (χ0v) is 9.13. The largest absolute Gasteiger partial charge is 0.263 e. The standard InChI is InChI=1S/C6HClF2N2O2S2/c7-15(12,13)3-1-2(8)4(9)6-5(3)10-14-11-6/h1H. The van der Waals surface area contributed by atoms with Crippen LogP contribution in [-0.2, 0) is 9.05 Å². The lowest BCUT2D eigenvalue weighted by Crippen LogP contribution is -1.96. The van der Waals surface area contributed by atoms with Gasteiger partial charge in [0.2, 0.25) is 0 Å². The van der Waals surface area contributed by atoms with Crippen LogP contribution in [0.1, 0.15) is 0 Å². The molecule has 0 aliphatic rings. The third-order valence-corrected chi connectivity index (χ3v) is 3.52. The molecule has 0 unspecified atom stereocenters. The van der Waals surface area contributed by atoms with Crippen LogP contribution in [0.15, 0.2) is 11.0 Å². The van der Waals surface area contributed by atoms with Gasteiger partial charge >= 0.3 is 0 Å². The summed E-state index contributed by atoms with van der Waals surface area (Å²) in [6, 6.07) is 0.487. The van der Waals surface area contributed by atoms with Gasteiger partial charge in [-0.3, -0.25) is 0 Å². The number of halogens is 3. The zero-order valence-electron chi connectivity index (χ0n) is 6.74. The van der Waals surface area contributed by atoms with Crippen LogP contribution < -0.4 is 0 Å². The topological polar surface area (TPSA) is 59.9 Å². The molecule has 80 valence electrons. The second-order valence-corrected chi connectivity index (χ2v) is 5.63. The molecule has 0 saturated carbocycles. The molecule has 1 aromatic carbocycles. The van der Waals surface area contributed by atoms with Crippen LogP contribution in [0.2, 0.25) is 0 Å². The number of rotatable bonds is 1. The molecule has 0 bridgehead atoms. The van der Waals surface area contributed by atoms with E-state index in [0.29, 0.717) is 17.8 Å². The fraction of sp³-hybridized carbons (Fsp3) is 0. The average molecular weight is 271 g/mol. The van der Waals surface area contributed by atoms with Crippen molar-refractivity contribution in [2.24, 2.45) is 0 Å². The highest BCUT2D eigenvalue weighted by Crippen LogP contribution is 2.28. The van der Waals surface area contributed by atoms with Gasteiger partial charge in [-0.05, 0) is 6.07 Å². The Bertz CT molecular complexity index is 640. The Balaban J connectivity index is 2.99. The summed E-state index contributed by atoms with van der Waals surface area (Å²) in [6.45, 7) is 0. The molecule has 0 fully saturated rings. The Kier molecular flexibility index (Phi) is 2.36. The predicted molar refractivity (Wildman–Crippen MR) is 50.4 cm³/mol. The first-order chi connectivity index (χ1) is 6.91. The summed E-state index contributed by atoms with van der Waals surface area (Å²) < 4.78 is 55.1. The quantitative estimate of drug-likeness (QED) is 0.743. The summed E-state index contributed by atoms with van der Waals surface area (Å²) in [5.41, 5.74) is -0.687. The van der Waals surface area contributed by atoms with E-state index in [4.69, 9.17) is 10.7 Å². The molecule has 15 heavy (non-hydrogen) atoms. The van der Waals surface area contributed by atoms with Gasteiger partial charge in [-0.2, -0.15) is 8.75 Å². The van der Waals surface area contributed by atoms with Crippen LogP contribution in [-0.4, -0.2) is 17.2 Å². The van der Waals surface area contributed by atoms with E-state index in [-0.39, 0.29) is 5.52 Å². The molecule has 0 aliphatic heterocycles. The van der Waals surface area contributed by atoms with Gasteiger partial charge < -0.3 is 0 Å². The molecule has 1 heterocycles. The van der Waals surface area contributed by atoms with E-state index in [0.717, 1.165) is 0 Å². The average Bonchev–Trinajstić information content (AvgIpc) is 2.57. The van der Waals surface area contributed by atoms with E-state index in [1.54, 1.807) is 0 Å². The minimum Gasteiger partial charge on any atom is -0.207 e. The lowest BCUT2D eigenvalue weighted by atomic mass is 10.3. The number of aromatic nitrogens is 2. The molecule has 0 radical (unpaired) electrons. The van der Waals surface area contributed by atoms with Gasteiger partial charge in [0.25, 0.3) is 9.05 Å². The monoisotopic (exact) mass is 270 g/mol. The number of nitrogens with zero attached hydrogens (tertiary/aromatic N) is 2. The van der Waals surface area contributed by atoms with E-state index in [2.05, 4.69) is 8.75 Å². The number of hydrogen-bond acceptors (Lipinski definition) is 5. The van der Waals surface area contributed by atoms with E-state index in [1.165, 1.54) is 0 Å². The maximum absolute atomic E-state index is 13.1. The molecule has 0 atom stereocenters. The van der Waals surface area contributed by atoms with Crippen molar-refractivity contribution < 1.29 is 17.2 Å². The van der Waals surface area contributed by atoms with Crippen molar-refractivity contribution in [2.45, 2.75) is 4.90 Å². The first-order valence-electron chi connectivity index (χ1n) is 3.46. The Hall–Kier alpha value is -0.860. The fourth-order valence-corrected chi connectivity index (χ4v) is 2.62. The van der Waals surface area contributed by atoms with Crippen LogP contribution in [0.4, 0.5) is 8.78 Å². The predicted octanol–water partition coefficient (Wildman–Crippen LogP) is 1.90. The molecular weight excluding hydrogens is 270 g/mol. The van der Waals surface area contributed by atoms with Gasteiger partial charge in [0.1, 0.15) is 15.9 Å². The van der Waals surface area contributed by atoms with Crippen LogP contribution in [0.3, 0.4) is 0 Å².